The van der Waals surface area contributed by atoms with Crippen molar-refractivity contribution in [1.82, 2.24) is 14.9 Å². The number of ether oxygens (including phenoxy) is 1. The molecule has 1 atom stereocenters. The number of nitrogens with one attached hydrogen (secondary N) is 2. The Bertz CT molecular complexity index is 673. The van der Waals surface area contributed by atoms with E-state index in [9.17, 15) is 8.42 Å². The summed E-state index contributed by atoms with van der Waals surface area (Å²) in [7, 11) is -1.56. The molecule has 10 heteroatoms. The fraction of sp³-hybridized carbons (Fsp3) is 0.688. The van der Waals surface area contributed by atoms with Crippen LogP contribution in [0.3, 0.4) is 0 Å². The van der Waals surface area contributed by atoms with Gasteiger partial charge in [-0.3, -0.25) is 4.99 Å². The molecule has 1 aliphatic heterocycles. The first-order chi connectivity index (χ1) is 11.9. The highest BCUT2D eigenvalue weighted by molar-refractivity contribution is 14.0. The van der Waals surface area contributed by atoms with E-state index < -0.39 is 10.0 Å². The monoisotopic (exact) mass is 516 g/mol. The maximum Gasteiger partial charge on any atom is 0.215 e. The van der Waals surface area contributed by atoms with Gasteiger partial charge < -0.3 is 15.4 Å². The van der Waals surface area contributed by atoms with E-state index in [0.29, 0.717) is 38.8 Å². The molecule has 0 spiro atoms. The van der Waals surface area contributed by atoms with Crippen LogP contribution in [-0.4, -0.2) is 70.4 Å². The average Bonchev–Trinajstić information content (AvgIpc) is 2.99. The van der Waals surface area contributed by atoms with Crippen molar-refractivity contribution in [2.45, 2.75) is 26.3 Å². The number of aliphatic imine (C=N–C) groups is 1. The van der Waals surface area contributed by atoms with Gasteiger partial charge in [0.1, 0.15) is 0 Å². The lowest BCUT2D eigenvalue weighted by atomic mass is 10.2. The van der Waals surface area contributed by atoms with Gasteiger partial charge >= 0.3 is 0 Å². The normalized spacial score (nSPS) is 17.4. The van der Waals surface area contributed by atoms with Crippen LogP contribution in [0.25, 0.3) is 0 Å². The van der Waals surface area contributed by atoms with Crippen molar-refractivity contribution in [2.75, 3.05) is 45.6 Å². The van der Waals surface area contributed by atoms with Gasteiger partial charge in [0, 0.05) is 48.9 Å². The van der Waals surface area contributed by atoms with Gasteiger partial charge in [-0.1, -0.05) is 0 Å². The summed E-state index contributed by atoms with van der Waals surface area (Å²) in [6.45, 7) is 6.32. The molecule has 1 fully saturated rings. The van der Waals surface area contributed by atoms with E-state index in [1.165, 1.54) is 14.1 Å². The smallest absolute Gasteiger partial charge is 0.215 e. The van der Waals surface area contributed by atoms with Crippen molar-refractivity contribution >= 4 is 51.3 Å². The molecule has 0 aromatic carbocycles. The number of sulfonamides is 1. The zero-order valence-corrected chi connectivity index (χ0v) is 19.5. The van der Waals surface area contributed by atoms with Gasteiger partial charge in [0.05, 0.1) is 19.0 Å². The standard InChI is InChI=1S/C16H28N4O3S2.HI/c1-13(12-15-5-4-14(2)24-15)19-16(17-3)18-6-11-25(21,22)20-7-9-23-10-8-20;/h4-5,13H,6-12H2,1-3H3,(H2,17,18,19);1H. The van der Waals surface area contributed by atoms with E-state index >= 15 is 0 Å². The second-order valence-electron chi connectivity index (χ2n) is 6.09. The third kappa shape index (κ3) is 7.67. The van der Waals surface area contributed by atoms with Gasteiger partial charge in [0.15, 0.2) is 5.96 Å². The van der Waals surface area contributed by atoms with Gasteiger partial charge in [0.2, 0.25) is 10.0 Å². The molecule has 26 heavy (non-hydrogen) atoms. The molecule has 7 nitrogen and oxygen atoms in total. The quantitative estimate of drug-likeness (QED) is 0.326. The molecule has 0 bridgehead atoms. The first-order valence-electron chi connectivity index (χ1n) is 8.49. The maximum absolute atomic E-state index is 12.3. The molecular weight excluding hydrogens is 487 g/mol. The lowest BCUT2D eigenvalue weighted by Gasteiger charge is -2.26. The van der Waals surface area contributed by atoms with Crippen LogP contribution in [0.5, 0.6) is 0 Å². The topological polar surface area (TPSA) is 83.0 Å². The van der Waals surface area contributed by atoms with Crippen LogP contribution in [0.1, 0.15) is 16.7 Å². The number of guanidine groups is 1. The van der Waals surface area contributed by atoms with E-state index in [4.69, 9.17) is 4.74 Å². The van der Waals surface area contributed by atoms with E-state index in [1.54, 1.807) is 18.4 Å². The fourth-order valence-corrected chi connectivity index (χ4v) is 4.97. The van der Waals surface area contributed by atoms with Crippen LogP contribution in [0, 0.1) is 6.92 Å². The number of morpholine rings is 1. The lowest BCUT2D eigenvalue weighted by Crippen LogP contribution is -2.47. The van der Waals surface area contributed by atoms with Gasteiger partial charge in [-0.05, 0) is 26.0 Å². The lowest BCUT2D eigenvalue weighted by molar-refractivity contribution is 0.0730. The summed E-state index contributed by atoms with van der Waals surface area (Å²) in [6, 6.07) is 4.47. The van der Waals surface area contributed by atoms with Crippen molar-refractivity contribution in [2.24, 2.45) is 4.99 Å². The second-order valence-corrected chi connectivity index (χ2v) is 9.55. The van der Waals surface area contributed by atoms with Gasteiger partial charge in [0.25, 0.3) is 0 Å². The number of aryl methyl sites for hydroxylation is 1. The molecule has 0 aliphatic carbocycles. The van der Waals surface area contributed by atoms with Crippen LogP contribution in [-0.2, 0) is 21.2 Å². The van der Waals surface area contributed by atoms with Crippen molar-refractivity contribution < 1.29 is 13.2 Å². The minimum atomic E-state index is -3.25. The summed E-state index contributed by atoms with van der Waals surface area (Å²) in [5, 5.41) is 6.40. The number of nitrogens with zero attached hydrogens (tertiary/aromatic N) is 2. The molecule has 150 valence electrons. The number of rotatable bonds is 7. The molecule has 1 aromatic rings. The average molecular weight is 516 g/mol. The highest BCUT2D eigenvalue weighted by Gasteiger charge is 2.23. The predicted octanol–water partition coefficient (Wildman–Crippen LogP) is 1.43. The summed E-state index contributed by atoms with van der Waals surface area (Å²) in [5.74, 6) is 0.671. The van der Waals surface area contributed by atoms with Crippen LogP contribution in [0.15, 0.2) is 17.1 Å². The zero-order valence-electron chi connectivity index (χ0n) is 15.5. The van der Waals surface area contributed by atoms with Crippen molar-refractivity contribution in [3.63, 3.8) is 0 Å². The first kappa shape index (κ1) is 23.6. The Labute approximate surface area is 177 Å². The molecule has 1 aliphatic rings. The molecule has 2 heterocycles. The van der Waals surface area contributed by atoms with E-state index in [-0.39, 0.29) is 35.8 Å². The number of hydrogen-bond acceptors (Lipinski definition) is 5. The van der Waals surface area contributed by atoms with Crippen LogP contribution in [0.2, 0.25) is 0 Å². The largest absolute Gasteiger partial charge is 0.379 e. The molecule has 0 amide bonds. The zero-order chi connectivity index (χ0) is 18.3. The molecule has 2 N–H and O–H groups in total. The number of hydrogen-bond donors (Lipinski definition) is 2. The third-order valence-corrected chi connectivity index (χ3v) is 6.82. The van der Waals surface area contributed by atoms with Crippen molar-refractivity contribution in [3.8, 4) is 0 Å². The Balaban J connectivity index is 0.00000338. The Morgan fingerprint density at radius 3 is 2.65 bits per heavy atom. The van der Waals surface area contributed by atoms with Crippen LogP contribution < -0.4 is 10.6 Å². The summed E-state index contributed by atoms with van der Waals surface area (Å²) >= 11 is 1.79. The SMILES string of the molecule is CN=C(NCCS(=O)(=O)N1CCOCC1)NC(C)Cc1ccc(C)s1.I. The minimum Gasteiger partial charge on any atom is -0.379 e. The molecule has 0 radical (unpaired) electrons. The van der Waals surface area contributed by atoms with Gasteiger partial charge in [-0.15, -0.1) is 35.3 Å². The molecule has 0 saturated carbocycles. The molecule has 1 saturated heterocycles. The summed E-state index contributed by atoms with van der Waals surface area (Å²) in [6.07, 6.45) is 0.908. The van der Waals surface area contributed by atoms with E-state index in [0.717, 1.165) is 6.42 Å². The second kappa shape index (κ2) is 11.4. The number of halogens is 1. The highest BCUT2D eigenvalue weighted by Crippen LogP contribution is 2.16. The van der Waals surface area contributed by atoms with Crippen molar-refractivity contribution in [1.29, 1.82) is 0 Å². The fourth-order valence-electron chi connectivity index (χ4n) is 2.63. The Morgan fingerprint density at radius 2 is 2.08 bits per heavy atom. The number of thiophene rings is 1. The van der Waals surface area contributed by atoms with Crippen molar-refractivity contribution in [3.05, 3.63) is 21.9 Å². The Morgan fingerprint density at radius 1 is 1.38 bits per heavy atom. The summed E-state index contributed by atoms with van der Waals surface area (Å²) in [5.41, 5.74) is 0. The highest BCUT2D eigenvalue weighted by atomic mass is 127. The first-order valence-corrected chi connectivity index (χ1v) is 10.9. The molecular formula is C16H29IN4O3S2. The third-order valence-electron chi connectivity index (χ3n) is 3.93. The molecule has 1 aromatic heterocycles. The molecule has 1 unspecified atom stereocenters. The van der Waals surface area contributed by atoms with E-state index in [2.05, 4.69) is 41.6 Å². The predicted molar refractivity (Wildman–Crippen MR) is 118 cm³/mol. The van der Waals surface area contributed by atoms with E-state index in [1.807, 2.05) is 0 Å². The minimum absolute atomic E-state index is 0. The Hall–Kier alpha value is -0.430. The maximum atomic E-state index is 12.3. The van der Waals surface area contributed by atoms with Crippen LogP contribution >= 0.6 is 35.3 Å². The summed E-state index contributed by atoms with van der Waals surface area (Å²) < 4.78 is 31.3. The van der Waals surface area contributed by atoms with Gasteiger partial charge in [-0.2, -0.15) is 4.31 Å². The van der Waals surface area contributed by atoms with Crippen LogP contribution in [0.4, 0.5) is 0 Å². The summed E-state index contributed by atoms with van der Waals surface area (Å²) in [4.78, 5) is 6.80. The Kier molecular flexibility index (Phi) is 10.4. The molecule has 2 rings (SSSR count). The van der Waals surface area contributed by atoms with Gasteiger partial charge in [-0.25, -0.2) is 8.42 Å².